The van der Waals surface area contributed by atoms with Gasteiger partial charge in [0.2, 0.25) is 15.9 Å². The average molecular weight is 340 g/mol. The Morgan fingerprint density at radius 2 is 1.96 bits per heavy atom. The number of nitrogens with zero attached hydrogens (tertiary/aromatic N) is 2. The number of amides is 1. The van der Waals surface area contributed by atoms with Gasteiger partial charge in [-0.25, -0.2) is 8.42 Å². The fraction of sp³-hybridized carbons (Fsp3) is 0.467. The van der Waals surface area contributed by atoms with E-state index in [-0.39, 0.29) is 23.9 Å². The number of piperidine rings is 1. The maximum Gasteiger partial charge on any atom is 0.308 e. The smallest absolute Gasteiger partial charge is 0.308 e. The number of carboxylic acid groups (broad SMARTS) is 1. The van der Waals surface area contributed by atoms with Gasteiger partial charge in [-0.05, 0) is 25.0 Å². The van der Waals surface area contributed by atoms with E-state index < -0.39 is 21.9 Å². The molecule has 1 amide bonds. The minimum atomic E-state index is -3.73. The first-order valence-electron chi connectivity index (χ1n) is 7.34. The highest BCUT2D eigenvalue weighted by molar-refractivity contribution is 7.89. The van der Waals surface area contributed by atoms with Gasteiger partial charge in [-0.1, -0.05) is 18.2 Å². The Morgan fingerprint density at radius 1 is 1.30 bits per heavy atom. The van der Waals surface area contributed by atoms with Crippen LogP contribution < -0.4 is 0 Å². The van der Waals surface area contributed by atoms with E-state index >= 15 is 0 Å². The first kappa shape index (κ1) is 17.4. The Labute approximate surface area is 135 Å². The van der Waals surface area contributed by atoms with Crippen molar-refractivity contribution in [2.75, 3.05) is 26.7 Å². The highest BCUT2D eigenvalue weighted by Crippen LogP contribution is 2.18. The number of hydrogen-bond donors (Lipinski definition) is 1. The average Bonchev–Trinajstić information content (AvgIpc) is 2.55. The second kappa shape index (κ2) is 7.10. The van der Waals surface area contributed by atoms with Crippen LogP contribution in [-0.4, -0.2) is 61.3 Å². The zero-order valence-electron chi connectivity index (χ0n) is 12.9. The van der Waals surface area contributed by atoms with Gasteiger partial charge in [-0.2, -0.15) is 4.31 Å². The fourth-order valence-electron chi connectivity index (χ4n) is 2.55. The molecule has 23 heavy (non-hydrogen) atoms. The zero-order chi connectivity index (χ0) is 17.0. The maximum atomic E-state index is 12.4. The van der Waals surface area contributed by atoms with Gasteiger partial charge in [0, 0.05) is 20.1 Å². The van der Waals surface area contributed by atoms with Crippen LogP contribution in [0.2, 0.25) is 0 Å². The summed E-state index contributed by atoms with van der Waals surface area (Å²) in [5, 5.41) is 9.05. The summed E-state index contributed by atoms with van der Waals surface area (Å²) >= 11 is 0. The number of carbonyl (C=O) groups is 2. The molecule has 1 unspecified atom stereocenters. The molecule has 0 saturated carbocycles. The van der Waals surface area contributed by atoms with E-state index in [0.717, 1.165) is 4.31 Å². The normalized spacial score (nSPS) is 18.9. The van der Waals surface area contributed by atoms with Crippen LogP contribution in [0.4, 0.5) is 0 Å². The molecule has 2 rings (SSSR count). The molecule has 8 heteroatoms. The van der Waals surface area contributed by atoms with Crippen molar-refractivity contribution in [3.05, 3.63) is 30.3 Å². The number of carboxylic acids is 1. The van der Waals surface area contributed by atoms with Crippen LogP contribution in [0.5, 0.6) is 0 Å². The lowest BCUT2D eigenvalue weighted by Crippen LogP contribution is -2.46. The van der Waals surface area contributed by atoms with Gasteiger partial charge in [0.1, 0.15) is 0 Å². The maximum absolute atomic E-state index is 12.4. The second-order valence-corrected chi connectivity index (χ2v) is 7.64. The molecule has 7 nitrogen and oxygen atoms in total. The summed E-state index contributed by atoms with van der Waals surface area (Å²) in [6, 6.07) is 7.88. The third kappa shape index (κ3) is 4.08. The number of likely N-dealkylation sites (N-methyl/N-ethyl adjacent to an activating group) is 1. The molecule has 126 valence electrons. The Hall–Kier alpha value is -1.93. The molecular weight excluding hydrogens is 320 g/mol. The number of likely N-dealkylation sites (tertiary alicyclic amines) is 1. The van der Waals surface area contributed by atoms with Gasteiger partial charge in [0.05, 0.1) is 17.4 Å². The first-order chi connectivity index (χ1) is 10.8. The largest absolute Gasteiger partial charge is 0.481 e. The van der Waals surface area contributed by atoms with E-state index in [9.17, 15) is 18.0 Å². The van der Waals surface area contributed by atoms with Gasteiger partial charge < -0.3 is 10.0 Å². The van der Waals surface area contributed by atoms with E-state index in [2.05, 4.69) is 0 Å². The molecule has 1 N–H and O–H groups in total. The minimum Gasteiger partial charge on any atom is -0.481 e. The standard InChI is InChI=1S/C15H20N2O5S/c1-16(23(21,22)13-7-3-2-4-8-13)11-14(18)17-9-5-6-12(10-17)15(19)20/h2-4,7-8,12H,5-6,9-11H2,1H3,(H,19,20). The van der Waals surface area contributed by atoms with Crippen LogP contribution in [-0.2, 0) is 19.6 Å². The van der Waals surface area contributed by atoms with E-state index in [1.165, 1.54) is 24.1 Å². The molecule has 0 bridgehead atoms. The number of rotatable bonds is 5. The summed E-state index contributed by atoms with van der Waals surface area (Å²) in [5.74, 6) is -1.88. The molecular formula is C15H20N2O5S. The van der Waals surface area contributed by atoms with Crippen LogP contribution in [0.3, 0.4) is 0 Å². The molecule has 1 aromatic carbocycles. The number of carbonyl (C=O) groups excluding carboxylic acids is 1. The fourth-order valence-corrected chi connectivity index (χ4v) is 3.69. The molecule has 1 aromatic rings. The summed E-state index contributed by atoms with van der Waals surface area (Å²) in [4.78, 5) is 24.9. The molecule has 0 radical (unpaired) electrons. The van der Waals surface area contributed by atoms with E-state index in [0.29, 0.717) is 19.4 Å². The quantitative estimate of drug-likeness (QED) is 0.848. The zero-order valence-corrected chi connectivity index (χ0v) is 13.7. The van der Waals surface area contributed by atoms with Crippen molar-refractivity contribution in [2.24, 2.45) is 5.92 Å². The monoisotopic (exact) mass is 340 g/mol. The van der Waals surface area contributed by atoms with Crippen molar-refractivity contribution in [1.82, 2.24) is 9.21 Å². The molecule has 0 spiro atoms. The Kier molecular flexibility index (Phi) is 5.38. The predicted molar refractivity (Wildman–Crippen MR) is 83.2 cm³/mol. The van der Waals surface area contributed by atoms with Crippen molar-refractivity contribution < 1.29 is 23.1 Å². The number of benzene rings is 1. The van der Waals surface area contributed by atoms with E-state index in [4.69, 9.17) is 5.11 Å². The number of hydrogen-bond acceptors (Lipinski definition) is 4. The molecule has 1 atom stereocenters. The van der Waals surface area contributed by atoms with Crippen LogP contribution in [0, 0.1) is 5.92 Å². The van der Waals surface area contributed by atoms with Crippen LogP contribution in [0.25, 0.3) is 0 Å². The molecule has 1 heterocycles. The van der Waals surface area contributed by atoms with Crippen molar-refractivity contribution >= 4 is 21.9 Å². The lowest BCUT2D eigenvalue weighted by molar-refractivity contribution is -0.145. The third-order valence-electron chi connectivity index (χ3n) is 3.93. The molecule has 0 aliphatic carbocycles. The van der Waals surface area contributed by atoms with Crippen molar-refractivity contribution in [3.8, 4) is 0 Å². The van der Waals surface area contributed by atoms with E-state index in [1.54, 1.807) is 18.2 Å². The molecule has 1 saturated heterocycles. The Balaban J connectivity index is 2.03. The first-order valence-corrected chi connectivity index (χ1v) is 8.78. The predicted octanol–water partition coefficient (Wildman–Crippen LogP) is 0.630. The van der Waals surface area contributed by atoms with E-state index in [1.807, 2.05) is 0 Å². The van der Waals surface area contributed by atoms with Crippen LogP contribution in [0.1, 0.15) is 12.8 Å². The molecule has 0 aromatic heterocycles. The SMILES string of the molecule is CN(CC(=O)N1CCCC(C(=O)O)C1)S(=O)(=O)c1ccccc1. The number of aliphatic carboxylic acids is 1. The van der Waals surface area contributed by atoms with Crippen LogP contribution in [0.15, 0.2) is 35.2 Å². The van der Waals surface area contributed by atoms with Gasteiger partial charge in [0.15, 0.2) is 0 Å². The highest BCUT2D eigenvalue weighted by Gasteiger charge is 2.30. The second-order valence-electron chi connectivity index (χ2n) is 5.59. The van der Waals surface area contributed by atoms with Gasteiger partial charge in [-0.15, -0.1) is 0 Å². The molecule has 1 aliphatic heterocycles. The third-order valence-corrected chi connectivity index (χ3v) is 5.75. The molecule has 1 fully saturated rings. The minimum absolute atomic E-state index is 0.123. The van der Waals surface area contributed by atoms with Crippen LogP contribution >= 0.6 is 0 Å². The van der Waals surface area contributed by atoms with Crippen molar-refractivity contribution in [1.29, 1.82) is 0 Å². The Bertz CT molecular complexity index is 674. The lowest BCUT2D eigenvalue weighted by atomic mass is 9.98. The summed E-state index contributed by atoms with van der Waals surface area (Å²) in [6.45, 7) is 0.290. The summed E-state index contributed by atoms with van der Waals surface area (Å²) in [6.07, 6.45) is 1.15. The summed E-state index contributed by atoms with van der Waals surface area (Å²) < 4.78 is 25.8. The lowest BCUT2D eigenvalue weighted by Gasteiger charge is -2.31. The summed E-state index contributed by atoms with van der Waals surface area (Å²) in [5.41, 5.74) is 0. The van der Waals surface area contributed by atoms with Crippen molar-refractivity contribution in [2.45, 2.75) is 17.7 Å². The Morgan fingerprint density at radius 3 is 2.57 bits per heavy atom. The van der Waals surface area contributed by atoms with Gasteiger partial charge >= 0.3 is 5.97 Å². The molecule has 1 aliphatic rings. The summed E-state index contributed by atoms with van der Waals surface area (Å²) in [7, 11) is -2.39. The van der Waals surface area contributed by atoms with Gasteiger partial charge in [-0.3, -0.25) is 9.59 Å². The van der Waals surface area contributed by atoms with Crippen molar-refractivity contribution in [3.63, 3.8) is 0 Å². The van der Waals surface area contributed by atoms with Gasteiger partial charge in [0.25, 0.3) is 0 Å². The highest BCUT2D eigenvalue weighted by atomic mass is 32.2. The number of sulfonamides is 1. The topological polar surface area (TPSA) is 95.0 Å².